The summed E-state index contributed by atoms with van der Waals surface area (Å²) in [6.07, 6.45) is 3.18. The van der Waals surface area contributed by atoms with E-state index in [1.54, 1.807) is 0 Å². The van der Waals surface area contributed by atoms with Crippen molar-refractivity contribution in [3.05, 3.63) is 63.7 Å². The number of phenolic OH excluding ortho intramolecular Hbond substituents is 1. The van der Waals surface area contributed by atoms with Gasteiger partial charge in [0.25, 0.3) is 0 Å². The fourth-order valence-corrected chi connectivity index (χ4v) is 4.52. The second-order valence-corrected chi connectivity index (χ2v) is 7.02. The first-order chi connectivity index (χ1) is 10.6. The van der Waals surface area contributed by atoms with E-state index in [4.69, 9.17) is 11.6 Å². The number of benzene rings is 2. The first kappa shape index (κ1) is 14.1. The molecule has 0 bridgehead atoms. The van der Waals surface area contributed by atoms with E-state index in [9.17, 15) is 5.11 Å². The van der Waals surface area contributed by atoms with Crippen LogP contribution in [-0.2, 0) is 18.3 Å². The Morgan fingerprint density at radius 2 is 1.95 bits per heavy atom. The molecule has 2 N–H and O–H groups in total. The molecule has 0 amide bonds. The average Bonchev–Trinajstić information content (AvgIpc) is 2.65. The summed E-state index contributed by atoms with van der Waals surface area (Å²) in [5.74, 6) is 0.186. The molecule has 0 saturated carbocycles. The highest BCUT2D eigenvalue weighted by Gasteiger charge is 2.44. The van der Waals surface area contributed by atoms with Gasteiger partial charge in [-0.25, -0.2) is 0 Å². The molecular weight excluding hydrogens is 294 g/mol. The van der Waals surface area contributed by atoms with E-state index in [1.807, 2.05) is 12.1 Å². The van der Waals surface area contributed by atoms with Gasteiger partial charge in [0.1, 0.15) is 5.75 Å². The third kappa shape index (κ3) is 1.90. The molecule has 0 radical (unpaired) electrons. The van der Waals surface area contributed by atoms with Gasteiger partial charge in [0, 0.05) is 11.5 Å². The summed E-state index contributed by atoms with van der Waals surface area (Å²) in [6.45, 7) is 3.26. The first-order valence-corrected chi connectivity index (χ1v) is 8.32. The van der Waals surface area contributed by atoms with Crippen LogP contribution >= 0.6 is 11.6 Å². The fourth-order valence-electron chi connectivity index (χ4n) is 4.33. The normalized spacial score (nSPS) is 26.5. The molecule has 2 nitrogen and oxygen atoms in total. The Labute approximate surface area is 136 Å². The molecule has 1 aliphatic carbocycles. The van der Waals surface area contributed by atoms with Crippen LogP contribution in [0.5, 0.6) is 5.75 Å². The third-order valence-corrected chi connectivity index (χ3v) is 5.80. The van der Waals surface area contributed by atoms with Crippen LogP contribution in [0, 0.1) is 0 Å². The summed E-state index contributed by atoms with van der Waals surface area (Å²) in [5.41, 5.74) is 5.14. The topological polar surface area (TPSA) is 32.3 Å². The van der Waals surface area contributed by atoms with Crippen molar-refractivity contribution < 1.29 is 5.11 Å². The predicted octanol–water partition coefficient (Wildman–Crippen LogP) is 3.81. The Morgan fingerprint density at radius 1 is 1.14 bits per heavy atom. The molecule has 0 aromatic heterocycles. The van der Waals surface area contributed by atoms with Crippen molar-refractivity contribution in [1.82, 2.24) is 5.32 Å². The molecule has 2 aromatic carbocycles. The van der Waals surface area contributed by atoms with Crippen LogP contribution in [0.2, 0.25) is 5.02 Å². The number of nitrogens with one attached hydrogen (secondary N) is 1. The lowest BCUT2D eigenvalue weighted by molar-refractivity contribution is 0.336. The van der Waals surface area contributed by atoms with Crippen LogP contribution in [0.25, 0.3) is 0 Å². The van der Waals surface area contributed by atoms with Gasteiger partial charge < -0.3 is 10.4 Å². The molecule has 1 aliphatic heterocycles. The lowest BCUT2D eigenvalue weighted by atomic mass is 9.63. The average molecular weight is 314 g/mol. The zero-order valence-corrected chi connectivity index (χ0v) is 13.5. The summed E-state index contributed by atoms with van der Waals surface area (Å²) in [7, 11) is 0. The number of hydrogen-bond acceptors (Lipinski definition) is 2. The van der Waals surface area contributed by atoms with E-state index in [0.717, 1.165) is 25.8 Å². The van der Waals surface area contributed by atoms with E-state index < -0.39 is 0 Å². The van der Waals surface area contributed by atoms with E-state index in [1.165, 1.54) is 22.3 Å². The Balaban J connectivity index is 2.01. The van der Waals surface area contributed by atoms with Gasteiger partial charge in [0.2, 0.25) is 0 Å². The smallest absolute Gasteiger partial charge is 0.134 e. The summed E-state index contributed by atoms with van der Waals surface area (Å²) in [6, 6.07) is 12.9. The molecular formula is C19H20ClNO. The van der Waals surface area contributed by atoms with Crippen molar-refractivity contribution in [2.24, 2.45) is 0 Å². The highest BCUT2D eigenvalue weighted by Crippen LogP contribution is 2.46. The molecule has 2 aliphatic rings. The molecule has 0 unspecified atom stereocenters. The van der Waals surface area contributed by atoms with Crippen molar-refractivity contribution in [2.75, 3.05) is 6.54 Å². The highest BCUT2D eigenvalue weighted by atomic mass is 35.5. The quantitative estimate of drug-likeness (QED) is 0.775. The number of rotatable bonds is 0. The van der Waals surface area contributed by atoms with E-state index in [-0.39, 0.29) is 11.2 Å². The second-order valence-electron chi connectivity index (χ2n) is 6.62. The monoisotopic (exact) mass is 313 g/mol. The minimum atomic E-state index is -0.122. The van der Waals surface area contributed by atoms with Gasteiger partial charge in [-0.1, -0.05) is 35.9 Å². The molecule has 1 heterocycles. The van der Waals surface area contributed by atoms with Crippen molar-refractivity contribution in [1.29, 1.82) is 0 Å². The van der Waals surface area contributed by atoms with Crippen LogP contribution in [0.1, 0.15) is 35.6 Å². The number of fused-ring (bicyclic) bond motifs is 5. The third-order valence-electron chi connectivity index (χ3n) is 5.49. The number of aryl methyl sites for hydroxylation is 1. The number of hydrogen-bond donors (Lipinski definition) is 2. The molecule has 0 spiro atoms. The predicted molar refractivity (Wildman–Crippen MR) is 89.8 cm³/mol. The van der Waals surface area contributed by atoms with Crippen molar-refractivity contribution in [2.45, 2.75) is 37.6 Å². The number of aromatic hydroxyl groups is 1. The molecule has 114 valence electrons. The summed E-state index contributed by atoms with van der Waals surface area (Å²) < 4.78 is 0. The Bertz CT molecular complexity index is 742. The Morgan fingerprint density at radius 3 is 2.82 bits per heavy atom. The van der Waals surface area contributed by atoms with Gasteiger partial charge in [-0.05, 0) is 67.1 Å². The van der Waals surface area contributed by atoms with Crippen LogP contribution in [0.15, 0.2) is 36.4 Å². The maximum absolute atomic E-state index is 10.2. The van der Waals surface area contributed by atoms with Crippen LogP contribution < -0.4 is 5.32 Å². The summed E-state index contributed by atoms with van der Waals surface area (Å²) in [4.78, 5) is 0. The van der Waals surface area contributed by atoms with Gasteiger partial charge >= 0.3 is 0 Å². The van der Waals surface area contributed by atoms with E-state index >= 15 is 0 Å². The zero-order valence-electron chi connectivity index (χ0n) is 12.7. The molecule has 2 aromatic rings. The molecule has 22 heavy (non-hydrogen) atoms. The van der Waals surface area contributed by atoms with Gasteiger partial charge in [0.05, 0.1) is 5.02 Å². The van der Waals surface area contributed by atoms with Crippen LogP contribution in [0.3, 0.4) is 0 Å². The second kappa shape index (κ2) is 5.00. The highest BCUT2D eigenvalue weighted by molar-refractivity contribution is 6.32. The maximum atomic E-state index is 10.2. The van der Waals surface area contributed by atoms with Crippen LogP contribution in [-0.4, -0.2) is 17.7 Å². The lowest BCUT2D eigenvalue weighted by Crippen LogP contribution is -2.49. The van der Waals surface area contributed by atoms with Gasteiger partial charge in [0.15, 0.2) is 0 Å². The van der Waals surface area contributed by atoms with Crippen molar-refractivity contribution in [3.8, 4) is 5.75 Å². The maximum Gasteiger partial charge on any atom is 0.134 e. The van der Waals surface area contributed by atoms with Gasteiger partial charge in [-0.2, -0.15) is 0 Å². The van der Waals surface area contributed by atoms with E-state index in [2.05, 4.69) is 36.5 Å². The molecule has 2 atom stereocenters. The minimum Gasteiger partial charge on any atom is -0.506 e. The fraction of sp³-hybridized carbons (Fsp3) is 0.368. The molecule has 4 rings (SSSR count). The van der Waals surface area contributed by atoms with Gasteiger partial charge in [-0.3, -0.25) is 0 Å². The summed E-state index contributed by atoms with van der Waals surface area (Å²) in [5, 5.41) is 14.3. The standard InChI is InChI=1S/C19H20ClNO/c1-19-14-5-3-2-4-12(14)6-7-18(19)21-9-8-13-10-16(20)17(22)11-15(13)19/h2-5,10-11,18,21-22H,6-9H2,1H3/t18-,19+/m0/s1. The van der Waals surface area contributed by atoms with E-state index in [0.29, 0.717) is 11.1 Å². The van der Waals surface area contributed by atoms with Gasteiger partial charge in [-0.15, -0.1) is 0 Å². The SMILES string of the molecule is C[C@@]12c3cc(O)c(Cl)cc3CCN[C@H]1CCc1ccccc12. The molecule has 0 saturated heterocycles. The summed E-state index contributed by atoms with van der Waals surface area (Å²) >= 11 is 6.15. The van der Waals surface area contributed by atoms with Crippen LogP contribution in [0.4, 0.5) is 0 Å². The van der Waals surface area contributed by atoms with Crippen molar-refractivity contribution >= 4 is 11.6 Å². The Kier molecular flexibility index (Phi) is 3.21. The first-order valence-electron chi connectivity index (χ1n) is 7.94. The van der Waals surface area contributed by atoms with Crippen molar-refractivity contribution in [3.63, 3.8) is 0 Å². The zero-order chi connectivity index (χ0) is 15.3. The number of halogens is 1. The largest absolute Gasteiger partial charge is 0.506 e. The molecule has 3 heteroatoms. The minimum absolute atomic E-state index is 0.122. The Hall–Kier alpha value is -1.51. The lowest BCUT2D eigenvalue weighted by Gasteiger charge is -2.43. The number of phenols is 1. The molecule has 0 fully saturated rings.